The average molecular weight is 392 g/mol. The van der Waals surface area contributed by atoms with E-state index in [4.69, 9.17) is 4.55 Å². The van der Waals surface area contributed by atoms with E-state index in [1.807, 2.05) is 0 Å². The van der Waals surface area contributed by atoms with Gasteiger partial charge in [0.1, 0.15) is 19.0 Å². The molecule has 0 aliphatic carbocycles. The van der Waals surface area contributed by atoms with Crippen LogP contribution in [0.25, 0.3) is 0 Å². The Hall–Kier alpha value is -1.61. The molecule has 0 aromatic carbocycles. The molecule has 0 bridgehead atoms. The number of ether oxygens (including phenoxy) is 3. The maximum absolute atomic E-state index is 12.8. The summed E-state index contributed by atoms with van der Waals surface area (Å²) in [5.41, 5.74) is -5.51. The molecule has 0 heterocycles. The van der Waals surface area contributed by atoms with E-state index < -0.39 is 59.0 Å². The molecule has 0 unspecified atom stereocenters. The van der Waals surface area contributed by atoms with Crippen LogP contribution in [0.4, 0.5) is 26.3 Å². The summed E-state index contributed by atoms with van der Waals surface area (Å²) in [5.74, 6) is -6.38. The third kappa shape index (κ3) is 6.12. The minimum Gasteiger partial charge on any atom is -0.467 e. The van der Waals surface area contributed by atoms with Crippen molar-refractivity contribution >= 4 is 22.1 Å². The average Bonchev–Trinajstić information content (AvgIpc) is 2.33. The summed E-state index contributed by atoms with van der Waals surface area (Å²) in [6.45, 7) is -2.54. The van der Waals surface area contributed by atoms with Crippen molar-refractivity contribution in [3.8, 4) is 0 Å². The smallest absolute Gasteiger partial charge is 0.438 e. The monoisotopic (exact) mass is 392 g/mol. The molecule has 24 heavy (non-hydrogen) atoms. The van der Waals surface area contributed by atoms with Gasteiger partial charge in [-0.25, -0.2) is 9.59 Å². The molecule has 0 rings (SSSR count). The van der Waals surface area contributed by atoms with Crippen LogP contribution in [0.15, 0.2) is 0 Å². The van der Waals surface area contributed by atoms with Crippen LogP contribution in [0.3, 0.4) is 0 Å². The fraction of sp³-hybridized carbons (Fsp3) is 0.778. The van der Waals surface area contributed by atoms with Crippen molar-refractivity contribution in [2.45, 2.75) is 18.0 Å². The van der Waals surface area contributed by atoms with E-state index >= 15 is 0 Å². The maximum Gasteiger partial charge on any atom is 0.438 e. The van der Waals surface area contributed by atoms with Gasteiger partial charge in [0.15, 0.2) is 0 Å². The van der Waals surface area contributed by atoms with E-state index in [9.17, 15) is 44.3 Å². The van der Waals surface area contributed by atoms with Gasteiger partial charge in [-0.15, -0.1) is 0 Å². The SMILES string of the molecule is COC(=O)COCC(=O)OC(CS(=O)(=O)O)(C(F)(F)F)C(F)(F)F. The molecule has 0 aliphatic heterocycles. The van der Waals surface area contributed by atoms with Gasteiger partial charge in [0, 0.05) is 0 Å². The molecule has 1 N–H and O–H groups in total. The molecule has 0 saturated carbocycles. The van der Waals surface area contributed by atoms with Gasteiger partial charge in [-0.1, -0.05) is 0 Å². The molecule has 0 aromatic heterocycles. The standard InChI is InChI=1S/C9H10F6O8S/c1-21-5(16)2-22-3-6(17)23-7(8(10,11)12,9(13,14)15)4-24(18,19)20/h2-4H2,1H3,(H,18,19,20). The highest BCUT2D eigenvalue weighted by molar-refractivity contribution is 7.85. The number of methoxy groups -OCH3 is 1. The molecule has 8 nitrogen and oxygen atoms in total. The van der Waals surface area contributed by atoms with Crippen LogP contribution >= 0.6 is 0 Å². The molecular formula is C9H10F6O8S. The highest BCUT2D eigenvalue weighted by Gasteiger charge is 2.75. The van der Waals surface area contributed by atoms with Crippen molar-refractivity contribution in [1.82, 2.24) is 0 Å². The second kappa shape index (κ2) is 7.52. The fourth-order valence-corrected chi connectivity index (χ4v) is 2.13. The van der Waals surface area contributed by atoms with E-state index in [1.165, 1.54) is 0 Å². The first kappa shape index (κ1) is 22.4. The topological polar surface area (TPSA) is 116 Å². The Balaban J connectivity index is 5.49. The lowest BCUT2D eigenvalue weighted by molar-refractivity contribution is -0.361. The van der Waals surface area contributed by atoms with Crippen molar-refractivity contribution in [1.29, 1.82) is 0 Å². The van der Waals surface area contributed by atoms with Gasteiger partial charge in [-0.05, 0) is 0 Å². The van der Waals surface area contributed by atoms with Gasteiger partial charge in [-0.2, -0.15) is 34.8 Å². The van der Waals surface area contributed by atoms with Crippen molar-refractivity contribution in [3.63, 3.8) is 0 Å². The lowest BCUT2D eigenvalue weighted by Gasteiger charge is -2.35. The Morgan fingerprint density at radius 3 is 1.71 bits per heavy atom. The largest absolute Gasteiger partial charge is 0.467 e. The normalized spacial score (nSPS) is 13.5. The third-order valence-electron chi connectivity index (χ3n) is 2.26. The van der Waals surface area contributed by atoms with E-state index in [-0.39, 0.29) is 0 Å². The van der Waals surface area contributed by atoms with Gasteiger partial charge in [0.25, 0.3) is 10.1 Å². The van der Waals surface area contributed by atoms with Gasteiger partial charge < -0.3 is 14.2 Å². The highest BCUT2D eigenvalue weighted by Crippen LogP contribution is 2.46. The summed E-state index contributed by atoms with van der Waals surface area (Å²) >= 11 is 0. The summed E-state index contributed by atoms with van der Waals surface area (Å²) in [6, 6.07) is 0. The number of alkyl halides is 6. The predicted octanol–water partition coefficient (Wildman–Crippen LogP) is 0.470. The van der Waals surface area contributed by atoms with E-state index in [0.29, 0.717) is 0 Å². The molecule has 0 radical (unpaired) electrons. The molecule has 15 heteroatoms. The van der Waals surface area contributed by atoms with Gasteiger partial charge in [0.2, 0.25) is 0 Å². The van der Waals surface area contributed by atoms with E-state index in [2.05, 4.69) is 14.2 Å². The van der Waals surface area contributed by atoms with Crippen molar-refractivity contribution in [3.05, 3.63) is 0 Å². The van der Waals surface area contributed by atoms with Crippen LogP contribution < -0.4 is 0 Å². The van der Waals surface area contributed by atoms with Crippen LogP contribution in [0.1, 0.15) is 0 Å². The summed E-state index contributed by atoms with van der Waals surface area (Å²) in [6.07, 6.45) is -12.9. The van der Waals surface area contributed by atoms with Crippen LogP contribution in [0, 0.1) is 0 Å². The van der Waals surface area contributed by atoms with Crippen LogP contribution in [0.2, 0.25) is 0 Å². The first-order valence-corrected chi connectivity index (χ1v) is 7.11. The maximum atomic E-state index is 12.8. The van der Waals surface area contributed by atoms with E-state index in [1.54, 1.807) is 0 Å². The number of esters is 2. The molecule has 0 aliphatic rings. The zero-order chi connectivity index (χ0) is 19.4. The number of carbonyl (C=O) groups is 2. The molecular weight excluding hydrogens is 382 g/mol. The molecule has 0 atom stereocenters. The van der Waals surface area contributed by atoms with Crippen molar-refractivity contribution < 1.29 is 63.1 Å². The fourth-order valence-electron chi connectivity index (χ4n) is 1.23. The summed E-state index contributed by atoms with van der Waals surface area (Å²) in [4.78, 5) is 21.7. The predicted molar refractivity (Wildman–Crippen MR) is 60.2 cm³/mol. The number of hydrogen-bond donors (Lipinski definition) is 1. The Morgan fingerprint density at radius 1 is 0.958 bits per heavy atom. The van der Waals surface area contributed by atoms with Gasteiger partial charge in [-0.3, -0.25) is 4.55 Å². The summed E-state index contributed by atoms with van der Waals surface area (Å²) in [5, 5.41) is 0. The number of carbonyl (C=O) groups excluding carboxylic acids is 2. The first-order chi connectivity index (χ1) is 10.6. The lowest BCUT2D eigenvalue weighted by atomic mass is 10.1. The number of rotatable bonds is 7. The first-order valence-electron chi connectivity index (χ1n) is 5.51. The Bertz CT molecular complexity index is 552. The molecule has 0 aromatic rings. The van der Waals surface area contributed by atoms with E-state index in [0.717, 1.165) is 7.11 Å². The summed E-state index contributed by atoms with van der Waals surface area (Å²) < 4.78 is 118. The lowest BCUT2D eigenvalue weighted by Crippen LogP contribution is -2.63. The Labute approximate surface area is 130 Å². The van der Waals surface area contributed by atoms with Crippen LogP contribution in [-0.2, 0) is 33.9 Å². The molecule has 142 valence electrons. The van der Waals surface area contributed by atoms with Crippen molar-refractivity contribution in [2.24, 2.45) is 0 Å². The van der Waals surface area contributed by atoms with Crippen LogP contribution in [-0.4, -0.2) is 68.9 Å². The molecule has 0 amide bonds. The zero-order valence-electron chi connectivity index (χ0n) is 11.6. The van der Waals surface area contributed by atoms with Crippen molar-refractivity contribution in [2.75, 3.05) is 26.1 Å². The molecule has 0 fully saturated rings. The zero-order valence-corrected chi connectivity index (χ0v) is 12.4. The minimum absolute atomic E-state index is 0.883. The third-order valence-corrected chi connectivity index (χ3v) is 3.03. The molecule has 0 saturated heterocycles. The van der Waals surface area contributed by atoms with Gasteiger partial charge in [0.05, 0.1) is 7.11 Å². The minimum atomic E-state index is -6.43. The molecule has 0 spiro atoms. The Morgan fingerprint density at radius 2 is 1.38 bits per heavy atom. The summed E-state index contributed by atoms with van der Waals surface area (Å²) in [7, 11) is -4.98. The highest BCUT2D eigenvalue weighted by atomic mass is 32.2. The number of hydrogen-bond acceptors (Lipinski definition) is 7. The quantitative estimate of drug-likeness (QED) is 0.378. The van der Waals surface area contributed by atoms with Crippen LogP contribution in [0.5, 0.6) is 0 Å². The second-order valence-electron chi connectivity index (χ2n) is 4.09. The Kier molecular flexibility index (Phi) is 7.01. The second-order valence-corrected chi connectivity index (χ2v) is 5.54. The van der Waals surface area contributed by atoms with Gasteiger partial charge >= 0.3 is 29.9 Å². The number of halogens is 6.